The van der Waals surface area contributed by atoms with Gasteiger partial charge in [-0.25, -0.2) is 0 Å². The molecule has 1 unspecified atom stereocenters. The van der Waals surface area contributed by atoms with Crippen LogP contribution in [0.15, 0.2) is 11.4 Å². The van der Waals surface area contributed by atoms with Gasteiger partial charge in [0.1, 0.15) is 6.04 Å². The van der Waals surface area contributed by atoms with Crippen molar-refractivity contribution in [2.24, 2.45) is 5.73 Å². The lowest BCUT2D eigenvalue weighted by atomic mass is 10.1. The van der Waals surface area contributed by atoms with Gasteiger partial charge in [0.25, 0.3) is 0 Å². The van der Waals surface area contributed by atoms with Crippen LogP contribution in [0.4, 0.5) is 0 Å². The molecule has 0 aromatic carbocycles. The van der Waals surface area contributed by atoms with Crippen LogP contribution in [0.2, 0.25) is 0 Å². The van der Waals surface area contributed by atoms with Crippen LogP contribution in [-0.4, -0.2) is 48.0 Å². The fourth-order valence-corrected chi connectivity index (χ4v) is 4.00. The predicted molar refractivity (Wildman–Crippen MR) is 85.4 cm³/mol. The van der Waals surface area contributed by atoms with Crippen molar-refractivity contribution in [1.29, 1.82) is 0 Å². The standard InChI is InChI=1S/C14H20N2O3S2/c1-19-14(18)11(15)4-6-20-9-13(17)16-5-2-12-10(8-16)3-7-21-12/h3,7,11H,2,4-6,8-9,15H2,1H3. The molecule has 1 aliphatic heterocycles. The molecule has 0 bridgehead atoms. The van der Waals surface area contributed by atoms with Crippen molar-refractivity contribution in [1.82, 2.24) is 4.90 Å². The molecule has 116 valence electrons. The number of carbonyl (C=O) groups excluding carboxylic acids is 2. The number of thiophene rings is 1. The molecule has 2 rings (SSSR count). The van der Waals surface area contributed by atoms with Crippen molar-refractivity contribution in [3.63, 3.8) is 0 Å². The molecule has 0 saturated carbocycles. The first-order chi connectivity index (χ1) is 10.1. The lowest BCUT2D eigenvalue weighted by Gasteiger charge is -2.27. The molecule has 0 radical (unpaired) electrons. The van der Waals surface area contributed by atoms with E-state index in [0.29, 0.717) is 17.9 Å². The summed E-state index contributed by atoms with van der Waals surface area (Å²) in [6.45, 7) is 1.52. The highest BCUT2D eigenvalue weighted by Gasteiger charge is 2.21. The molecular weight excluding hydrogens is 308 g/mol. The van der Waals surface area contributed by atoms with Gasteiger partial charge in [-0.3, -0.25) is 9.59 Å². The van der Waals surface area contributed by atoms with Gasteiger partial charge in [-0.15, -0.1) is 11.3 Å². The number of rotatable bonds is 6. The second-order valence-corrected chi connectivity index (χ2v) is 7.01. The van der Waals surface area contributed by atoms with Crippen LogP contribution in [0.3, 0.4) is 0 Å². The summed E-state index contributed by atoms with van der Waals surface area (Å²) >= 11 is 3.29. The van der Waals surface area contributed by atoms with E-state index in [2.05, 4.69) is 16.2 Å². The molecule has 0 saturated heterocycles. The lowest BCUT2D eigenvalue weighted by Crippen LogP contribution is -2.36. The van der Waals surface area contributed by atoms with Gasteiger partial charge < -0.3 is 15.4 Å². The van der Waals surface area contributed by atoms with Crippen molar-refractivity contribution < 1.29 is 14.3 Å². The quantitative estimate of drug-likeness (QED) is 0.629. The summed E-state index contributed by atoms with van der Waals surface area (Å²) in [5, 5.41) is 2.08. The van der Waals surface area contributed by atoms with Crippen molar-refractivity contribution in [2.75, 3.05) is 25.2 Å². The van der Waals surface area contributed by atoms with Gasteiger partial charge in [0.05, 0.1) is 12.9 Å². The Bertz CT molecular complexity index is 504. The number of nitrogens with zero attached hydrogens (tertiary/aromatic N) is 1. The third kappa shape index (κ3) is 4.46. The summed E-state index contributed by atoms with van der Waals surface area (Å²) in [6, 6.07) is 1.50. The summed E-state index contributed by atoms with van der Waals surface area (Å²) in [5.74, 6) is 0.874. The minimum Gasteiger partial charge on any atom is -0.468 e. The summed E-state index contributed by atoms with van der Waals surface area (Å²) in [6.07, 6.45) is 1.48. The lowest BCUT2D eigenvalue weighted by molar-refractivity contribution is -0.142. The van der Waals surface area contributed by atoms with Gasteiger partial charge in [-0.05, 0) is 35.6 Å². The van der Waals surface area contributed by atoms with E-state index >= 15 is 0 Å². The zero-order valence-electron chi connectivity index (χ0n) is 12.0. The maximum absolute atomic E-state index is 12.2. The molecule has 1 aromatic heterocycles. The summed E-state index contributed by atoms with van der Waals surface area (Å²) in [4.78, 5) is 26.6. The van der Waals surface area contributed by atoms with Crippen LogP contribution in [-0.2, 0) is 27.3 Å². The number of thioether (sulfide) groups is 1. The van der Waals surface area contributed by atoms with Crippen molar-refractivity contribution in [3.8, 4) is 0 Å². The summed E-state index contributed by atoms with van der Waals surface area (Å²) in [7, 11) is 1.33. The number of nitrogens with two attached hydrogens (primary N) is 1. The Hall–Kier alpha value is -1.05. The number of hydrogen-bond acceptors (Lipinski definition) is 6. The van der Waals surface area contributed by atoms with Gasteiger partial charge >= 0.3 is 5.97 Å². The topological polar surface area (TPSA) is 72.6 Å². The van der Waals surface area contributed by atoms with E-state index in [1.165, 1.54) is 29.3 Å². The van der Waals surface area contributed by atoms with E-state index < -0.39 is 12.0 Å². The second kappa shape index (κ2) is 7.82. The molecule has 7 heteroatoms. The van der Waals surface area contributed by atoms with E-state index in [9.17, 15) is 9.59 Å². The van der Waals surface area contributed by atoms with Gasteiger partial charge in [0, 0.05) is 18.0 Å². The van der Waals surface area contributed by atoms with Gasteiger partial charge in [-0.2, -0.15) is 11.8 Å². The molecule has 2 heterocycles. The third-order valence-corrected chi connectivity index (χ3v) is 5.46. The van der Waals surface area contributed by atoms with Crippen LogP contribution in [0, 0.1) is 0 Å². The van der Waals surface area contributed by atoms with Gasteiger partial charge in [0.2, 0.25) is 5.91 Å². The van der Waals surface area contributed by atoms with E-state index in [1.54, 1.807) is 11.3 Å². The van der Waals surface area contributed by atoms with Gasteiger partial charge in [0.15, 0.2) is 0 Å². The minimum absolute atomic E-state index is 0.156. The van der Waals surface area contributed by atoms with E-state index in [1.807, 2.05) is 4.90 Å². The molecular formula is C14H20N2O3S2. The smallest absolute Gasteiger partial charge is 0.322 e. The minimum atomic E-state index is -0.596. The van der Waals surface area contributed by atoms with Crippen molar-refractivity contribution >= 4 is 35.0 Å². The van der Waals surface area contributed by atoms with Crippen molar-refractivity contribution in [3.05, 3.63) is 21.9 Å². The SMILES string of the molecule is COC(=O)C(N)CCSCC(=O)N1CCc2sccc2C1. The Kier molecular flexibility index (Phi) is 6.08. The number of esters is 1. The Morgan fingerprint density at radius 2 is 2.38 bits per heavy atom. The molecule has 0 spiro atoms. The molecule has 0 fully saturated rings. The summed E-state index contributed by atoms with van der Waals surface area (Å²) < 4.78 is 4.56. The fourth-order valence-electron chi connectivity index (χ4n) is 2.19. The Labute approximate surface area is 132 Å². The first-order valence-electron chi connectivity index (χ1n) is 6.86. The largest absolute Gasteiger partial charge is 0.468 e. The monoisotopic (exact) mass is 328 g/mol. The highest BCUT2D eigenvalue weighted by molar-refractivity contribution is 7.99. The van der Waals surface area contributed by atoms with Crippen molar-refractivity contribution in [2.45, 2.75) is 25.4 Å². The van der Waals surface area contributed by atoms with E-state index in [0.717, 1.165) is 19.5 Å². The van der Waals surface area contributed by atoms with Gasteiger partial charge in [-0.1, -0.05) is 0 Å². The van der Waals surface area contributed by atoms with Crippen LogP contribution in [0.25, 0.3) is 0 Å². The predicted octanol–water partition coefficient (Wildman–Crippen LogP) is 1.26. The molecule has 1 atom stereocenters. The Balaban J connectivity index is 1.68. The fraction of sp³-hybridized carbons (Fsp3) is 0.571. The number of ether oxygens (including phenoxy) is 1. The first-order valence-corrected chi connectivity index (χ1v) is 8.89. The molecule has 0 aliphatic carbocycles. The third-order valence-electron chi connectivity index (χ3n) is 3.46. The van der Waals surface area contributed by atoms with Crippen LogP contribution < -0.4 is 5.73 Å². The molecule has 1 amide bonds. The number of fused-ring (bicyclic) bond motifs is 1. The maximum Gasteiger partial charge on any atom is 0.322 e. The molecule has 5 nitrogen and oxygen atoms in total. The average Bonchev–Trinajstić information content (AvgIpc) is 2.97. The first kappa shape index (κ1) is 16.3. The molecule has 1 aromatic rings. The average molecular weight is 328 g/mol. The number of amides is 1. The maximum atomic E-state index is 12.2. The summed E-state index contributed by atoms with van der Waals surface area (Å²) in [5.41, 5.74) is 6.92. The normalized spacial score (nSPS) is 15.4. The van der Waals surface area contributed by atoms with Crippen LogP contribution >= 0.6 is 23.1 Å². The van der Waals surface area contributed by atoms with E-state index in [4.69, 9.17) is 5.73 Å². The zero-order valence-corrected chi connectivity index (χ0v) is 13.7. The highest BCUT2D eigenvalue weighted by Crippen LogP contribution is 2.24. The number of hydrogen-bond donors (Lipinski definition) is 1. The zero-order chi connectivity index (χ0) is 15.2. The highest BCUT2D eigenvalue weighted by atomic mass is 32.2. The Morgan fingerprint density at radius 1 is 1.57 bits per heavy atom. The molecule has 21 heavy (non-hydrogen) atoms. The molecule has 1 aliphatic rings. The van der Waals surface area contributed by atoms with Crippen LogP contribution in [0.1, 0.15) is 16.9 Å². The van der Waals surface area contributed by atoms with E-state index in [-0.39, 0.29) is 5.91 Å². The Morgan fingerprint density at radius 3 is 3.14 bits per heavy atom. The number of carbonyl (C=O) groups is 2. The molecule has 2 N–H and O–H groups in total. The second-order valence-electron chi connectivity index (χ2n) is 4.91. The van der Waals surface area contributed by atoms with Crippen LogP contribution in [0.5, 0.6) is 0 Å². The number of methoxy groups -OCH3 is 1.